The van der Waals surface area contributed by atoms with Crippen molar-refractivity contribution in [3.63, 3.8) is 0 Å². The SMILES string of the molecule is O=C(Cc1ccccc1)NC(=O)CN1CCC(CO)CC1. The number of rotatable bonds is 5. The highest BCUT2D eigenvalue weighted by Gasteiger charge is 2.20. The molecular weight excluding hydrogens is 268 g/mol. The molecule has 0 aromatic heterocycles. The molecule has 114 valence electrons. The third kappa shape index (κ3) is 5.28. The molecule has 0 bridgehead atoms. The monoisotopic (exact) mass is 290 g/mol. The Balaban J connectivity index is 1.71. The van der Waals surface area contributed by atoms with Crippen molar-refractivity contribution in [2.75, 3.05) is 26.2 Å². The van der Waals surface area contributed by atoms with Gasteiger partial charge >= 0.3 is 0 Å². The number of hydrogen-bond donors (Lipinski definition) is 2. The Morgan fingerprint density at radius 1 is 1.14 bits per heavy atom. The second kappa shape index (κ2) is 7.90. The van der Waals surface area contributed by atoms with E-state index in [1.54, 1.807) is 0 Å². The average Bonchev–Trinajstić information content (AvgIpc) is 2.48. The highest BCUT2D eigenvalue weighted by atomic mass is 16.3. The van der Waals surface area contributed by atoms with Crippen LogP contribution in [0.25, 0.3) is 0 Å². The van der Waals surface area contributed by atoms with Crippen molar-refractivity contribution in [3.05, 3.63) is 35.9 Å². The molecule has 0 spiro atoms. The van der Waals surface area contributed by atoms with E-state index in [0.717, 1.165) is 31.5 Å². The smallest absolute Gasteiger partial charge is 0.240 e. The second-order valence-corrected chi connectivity index (χ2v) is 5.54. The molecule has 0 aliphatic carbocycles. The quantitative estimate of drug-likeness (QED) is 0.832. The molecule has 2 N–H and O–H groups in total. The molecule has 1 aromatic carbocycles. The van der Waals surface area contributed by atoms with Gasteiger partial charge in [0.25, 0.3) is 0 Å². The van der Waals surface area contributed by atoms with Crippen LogP contribution in [0.2, 0.25) is 0 Å². The lowest BCUT2D eigenvalue weighted by molar-refractivity contribution is -0.130. The predicted octanol–water partition coefficient (Wildman–Crippen LogP) is 0.576. The lowest BCUT2D eigenvalue weighted by Crippen LogP contribution is -2.43. The molecule has 2 amide bonds. The first kappa shape index (κ1) is 15.7. The molecule has 1 aliphatic rings. The lowest BCUT2D eigenvalue weighted by Gasteiger charge is -2.30. The zero-order valence-corrected chi connectivity index (χ0v) is 12.1. The average molecular weight is 290 g/mol. The van der Waals surface area contributed by atoms with Gasteiger partial charge < -0.3 is 5.11 Å². The molecule has 5 nitrogen and oxygen atoms in total. The molecule has 1 aliphatic heterocycles. The summed E-state index contributed by atoms with van der Waals surface area (Å²) in [4.78, 5) is 25.6. The van der Waals surface area contributed by atoms with Gasteiger partial charge in [-0.2, -0.15) is 0 Å². The minimum atomic E-state index is -0.267. The first-order valence-electron chi connectivity index (χ1n) is 7.37. The summed E-state index contributed by atoms with van der Waals surface area (Å²) in [6.45, 7) is 2.06. The topological polar surface area (TPSA) is 69.6 Å². The summed E-state index contributed by atoms with van der Waals surface area (Å²) in [7, 11) is 0. The minimum Gasteiger partial charge on any atom is -0.396 e. The standard InChI is InChI=1S/C16H22N2O3/c19-12-14-6-8-18(9-7-14)11-16(21)17-15(20)10-13-4-2-1-3-5-13/h1-5,14,19H,6-12H2,(H,17,20,21). The minimum absolute atomic E-state index is 0.218. The predicted molar refractivity (Wildman–Crippen MR) is 79.5 cm³/mol. The number of nitrogens with one attached hydrogen (secondary N) is 1. The van der Waals surface area contributed by atoms with E-state index >= 15 is 0 Å². The van der Waals surface area contributed by atoms with Crippen LogP contribution < -0.4 is 5.32 Å². The van der Waals surface area contributed by atoms with Crippen molar-refractivity contribution in [2.45, 2.75) is 19.3 Å². The summed E-state index contributed by atoms with van der Waals surface area (Å²) in [5, 5.41) is 11.5. The van der Waals surface area contributed by atoms with E-state index in [1.807, 2.05) is 35.2 Å². The zero-order chi connectivity index (χ0) is 15.1. The van der Waals surface area contributed by atoms with Gasteiger partial charge in [0.2, 0.25) is 11.8 Å². The van der Waals surface area contributed by atoms with Crippen LogP contribution in [0.1, 0.15) is 18.4 Å². The zero-order valence-electron chi connectivity index (χ0n) is 12.1. The van der Waals surface area contributed by atoms with Crippen LogP contribution in [0.15, 0.2) is 30.3 Å². The fraction of sp³-hybridized carbons (Fsp3) is 0.500. The largest absolute Gasteiger partial charge is 0.396 e. The number of nitrogens with zero attached hydrogens (tertiary/aromatic N) is 1. The molecule has 0 unspecified atom stereocenters. The molecule has 2 rings (SSSR count). The van der Waals surface area contributed by atoms with Crippen LogP contribution in [0.3, 0.4) is 0 Å². The van der Waals surface area contributed by atoms with Gasteiger partial charge in [0.1, 0.15) is 0 Å². The van der Waals surface area contributed by atoms with Crippen molar-refractivity contribution in [1.82, 2.24) is 10.2 Å². The van der Waals surface area contributed by atoms with Crippen molar-refractivity contribution in [3.8, 4) is 0 Å². The van der Waals surface area contributed by atoms with Crippen molar-refractivity contribution in [2.24, 2.45) is 5.92 Å². The summed E-state index contributed by atoms with van der Waals surface area (Å²) in [5.41, 5.74) is 0.895. The van der Waals surface area contributed by atoms with Crippen molar-refractivity contribution >= 4 is 11.8 Å². The molecule has 1 aromatic rings. The van der Waals surface area contributed by atoms with Gasteiger partial charge in [0, 0.05) is 6.61 Å². The van der Waals surface area contributed by atoms with Crippen LogP contribution in [0, 0.1) is 5.92 Å². The fourth-order valence-electron chi connectivity index (χ4n) is 2.55. The number of piperidine rings is 1. The van der Waals surface area contributed by atoms with Crippen molar-refractivity contribution in [1.29, 1.82) is 0 Å². The van der Waals surface area contributed by atoms with E-state index in [0.29, 0.717) is 5.92 Å². The van der Waals surface area contributed by atoms with Crippen LogP contribution in [-0.4, -0.2) is 48.1 Å². The van der Waals surface area contributed by atoms with E-state index in [1.165, 1.54) is 0 Å². The van der Waals surface area contributed by atoms with E-state index in [2.05, 4.69) is 5.32 Å². The maximum Gasteiger partial charge on any atom is 0.240 e. The van der Waals surface area contributed by atoms with E-state index in [4.69, 9.17) is 5.11 Å². The number of imide groups is 1. The first-order valence-corrected chi connectivity index (χ1v) is 7.37. The lowest BCUT2D eigenvalue weighted by atomic mass is 9.98. The number of carbonyl (C=O) groups excluding carboxylic acids is 2. The van der Waals surface area contributed by atoms with Crippen LogP contribution in [0.5, 0.6) is 0 Å². The summed E-state index contributed by atoms with van der Waals surface area (Å²) in [6, 6.07) is 9.36. The normalized spacial score (nSPS) is 16.6. The van der Waals surface area contributed by atoms with Gasteiger partial charge in [-0.3, -0.25) is 19.8 Å². The molecule has 5 heteroatoms. The number of aliphatic hydroxyl groups excluding tert-OH is 1. The fourth-order valence-corrected chi connectivity index (χ4v) is 2.55. The Labute approximate surface area is 125 Å². The van der Waals surface area contributed by atoms with E-state index in [-0.39, 0.29) is 31.4 Å². The highest BCUT2D eigenvalue weighted by Crippen LogP contribution is 2.15. The summed E-state index contributed by atoms with van der Waals surface area (Å²) >= 11 is 0. The third-order valence-electron chi connectivity index (χ3n) is 3.82. The number of benzene rings is 1. The summed E-state index contributed by atoms with van der Waals surface area (Å²) in [6.07, 6.45) is 2.03. The maximum atomic E-state index is 11.8. The van der Waals surface area contributed by atoms with Crippen LogP contribution >= 0.6 is 0 Å². The Bertz CT molecular complexity index is 468. The van der Waals surface area contributed by atoms with E-state index in [9.17, 15) is 9.59 Å². The van der Waals surface area contributed by atoms with Crippen LogP contribution in [0.4, 0.5) is 0 Å². The highest BCUT2D eigenvalue weighted by molar-refractivity contribution is 5.96. The van der Waals surface area contributed by atoms with Gasteiger partial charge in [-0.25, -0.2) is 0 Å². The molecule has 0 radical (unpaired) electrons. The van der Waals surface area contributed by atoms with Gasteiger partial charge in [0.15, 0.2) is 0 Å². The number of amides is 2. The second-order valence-electron chi connectivity index (χ2n) is 5.54. The number of likely N-dealkylation sites (tertiary alicyclic amines) is 1. The molecule has 0 saturated carbocycles. The van der Waals surface area contributed by atoms with Gasteiger partial charge in [-0.1, -0.05) is 30.3 Å². The Hall–Kier alpha value is -1.72. The Kier molecular flexibility index (Phi) is 5.90. The summed E-state index contributed by atoms with van der Waals surface area (Å²) < 4.78 is 0. The van der Waals surface area contributed by atoms with Crippen molar-refractivity contribution < 1.29 is 14.7 Å². The number of hydrogen-bond acceptors (Lipinski definition) is 4. The molecule has 1 fully saturated rings. The first-order chi connectivity index (χ1) is 10.2. The Morgan fingerprint density at radius 2 is 1.81 bits per heavy atom. The molecule has 21 heavy (non-hydrogen) atoms. The number of aliphatic hydroxyl groups is 1. The van der Waals surface area contributed by atoms with Gasteiger partial charge in [-0.05, 0) is 37.4 Å². The van der Waals surface area contributed by atoms with Gasteiger partial charge in [0.05, 0.1) is 13.0 Å². The molecule has 0 atom stereocenters. The molecular formula is C16H22N2O3. The summed E-state index contributed by atoms with van der Waals surface area (Å²) in [5.74, 6) is -0.168. The van der Waals surface area contributed by atoms with E-state index < -0.39 is 0 Å². The number of carbonyl (C=O) groups is 2. The third-order valence-corrected chi connectivity index (χ3v) is 3.82. The Morgan fingerprint density at radius 3 is 2.43 bits per heavy atom. The maximum absolute atomic E-state index is 11.8. The van der Waals surface area contributed by atoms with Gasteiger partial charge in [-0.15, -0.1) is 0 Å². The van der Waals surface area contributed by atoms with Crippen LogP contribution in [-0.2, 0) is 16.0 Å². The molecule has 1 saturated heterocycles. The molecule has 1 heterocycles.